The Balaban J connectivity index is 1.54. The van der Waals surface area contributed by atoms with Gasteiger partial charge in [0.25, 0.3) is 0 Å². The van der Waals surface area contributed by atoms with Crippen molar-refractivity contribution in [3.05, 3.63) is 64.7 Å². The lowest BCUT2D eigenvalue weighted by Crippen LogP contribution is -2.38. The predicted molar refractivity (Wildman–Crippen MR) is 112 cm³/mol. The largest absolute Gasteiger partial charge is 0.341 e. The van der Waals surface area contributed by atoms with E-state index >= 15 is 0 Å². The van der Waals surface area contributed by atoms with E-state index < -0.39 is 0 Å². The summed E-state index contributed by atoms with van der Waals surface area (Å²) < 4.78 is 0. The van der Waals surface area contributed by atoms with Crippen molar-refractivity contribution >= 4 is 29.3 Å². The fraction of sp³-hybridized carbons (Fsp3) is 0.364. The van der Waals surface area contributed by atoms with Crippen LogP contribution in [0.1, 0.15) is 22.3 Å². The zero-order valence-electron chi connectivity index (χ0n) is 16.0. The van der Waals surface area contributed by atoms with Crippen molar-refractivity contribution in [2.75, 3.05) is 29.9 Å². The van der Waals surface area contributed by atoms with Gasteiger partial charge in [0.2, 0.25) is 11.8 Å². The van der Waals surface area contributed by atoms with Crippen LogP contribution >= 0.6 is 11.8 Å². The van der Waals surface area contributed by atoms with Crippen molar-refractivity contribution in [3.8, 4) is 0 Å². The first-order valence-corrected chi connectivity index (χ1v) is 10.5. The maximum Gasteiger partial charge on any atom is 0.228 e. The third-order valence-corrected chi connectivity index (χ3v) is 5.75. The highest BCUT2D eigenvalue weighted by Gasteiger charge is 2.16. The van der Waals surface area contributed by atoms with E-state index in [0.29, 0.717) is 12.8 Å². The molecule has 0 bridgehead atoms. The second kappa shape index (κ2) is 9.09. The molecule has 0 aliphatic carbocycles. The summed E-state index contributed by atoms with van der Waals surface area (Å²) in [4.78, 5) is 26.6. The summed E-state index contributed by atoms with van der Waals surface area (Å²) in [5.41, 5.74) is 5.07. The van der Waals surface area contributed by atoms with Crippen molar-refractivity contribution in [2.45, 2.75) is 26.7 Å². The van der Waals surface area contributed by atoms with Gasteiger partial charge in [-0.05, 0) is 42.7 Å². The molecule has 0 unspecified atom stereocenters. The minimum atomic E-state index is -0.0293. The standard InChI is InChI=1S/C22H26N2O2S/c1-16-3-4-17(2)19(13-16)15-21(25)23-20-7-5-18(6-8-20)14-22(26)24-9-11-27-12-10-24/h3-8,13H,9-12,14-15H2,1-2H3,(H,23,25). The molecular weight excluding hydrogens is 356 g/mol. The average Bonchev–Trinajstić information content (AvgIpc) is 2.67. The topological polar surface area (TPSA) is 49.4 Å². The van der Waals surface area contributed by atoms with Gasteiger partial charge >= 0.3 is 0 Å². The molecule has 0 aromatic heterocycles. The number of thioether (sulfide) groups is 1. The van der Waals surface area contributed by atoms with Crippen LogP contribution < -0.4 is 5.32 Å². The van der Waals surface area contributed by atoms with Gasteiger partial charge in [0, 0.05) is 30.3 Å². The zero-order chi connectivity index (χ0) is 19.2. The first-order chi connectivity index (χ1) is 13.0. The van der Waals surface area contributed by atoms with Gasteiger partial charge in [0.15, 0.2) is 0 Å². The number of aryl methyl sites for hydroxylation is 2. The summed E-state index contributed by atoms with van der Waals surface area (Å²) in [6, 6.07) is 13.7. The minimum Gasteiger partial charge on any atom is -0.341 e. The monoisotopic (exact) mass is 382 g/mol. The number of benzene rings is 2. The van der Waals surface area contributed by atoms with Crippen LogP contribution in [0.5, 0.6) is 0 Å². The van der Waals surface area contributed by atoms with Gasteiger partial charge < -0.3 is 10.2 Å². The molecule has 1 fully saturated rings. The molecule has 2 aromatic carbocycles. The summed E-state index contributed by atoms with van der Waals surface area (Å²) in [5, 5.41) is 2.94. The Hall–Kier alpha value is -2.27. The molecule has 1 aliphatic heterocycles. The van der Waals surface area contributed by atoms with Gasteiger partial charge in [-0.3, -0.25) is 9.59 Å². The fourth-order valence-electron chi connectivity index (χ4n) is 3.17. The molecule has 2 amide bonds. The first-order valence-electron chi connectivity index (χ1n) is 9.32. The van der Waals surface area contributed by atoms with Gasteiger partial charge in [-0.15, -0.1) is 0 Å². The molecule has 1 saturated heterocycles. The third-order valence-electron chi connectivity index (χ3n) is 4.81. The van der Waals surface area contributed by atoms with Crippen molar-refractivity contribution in [2.24, 2.45) is 0 Å². The van der Waals surface area contributed by atoms with E-state index in [9.17, 15) is 9.59 Å². The van der Waals surface area contributed by atoms with Crippen molar-refractivity contribution in [1.29, 1.82) is 0 Å². The highest BCUT2D eigenvalue weighted by Crippen LogP contribution is 2.15. The normalized spacial score (nSPS) is 14.1. The molecule has 142 valence electrons. The molecule has 27 heavy (non-hydrogen) atoms. The van der Waals surface area contributed by atoms with Crippen LogP contribution in [0.15, 0.2) is 42.5 Å². The maximum absolute atomic E-state index is 12.3. The SMILES string of the molecule is Cc1ccc(C)c(CC(=O)Nc2ccc(CC(=O)N3CCSCC3)cc2)c1. The molecule has 2 aromatic rings. The van der Waals surface area contributed by atoms with E-state index in [-0.39, 0.29) is 11.8 Å². The van der Waals surface area contributed by atoms with E-state index in [1.54, 1.807) is 0 Å². The second-order valence-electron chi connectivity index (χ2n) is 7.02. The number of rotatable bonds is 5. The van der Waals surface area contributed by atoms with Crippen LogP contribution in [0, 0.1) is 13.8 Å². The number of hydrogen-bond donors (Lipinski definition) is 1. The minimum absolute atomic E-state index is 0.0293. The van der Waals surface area contributed by atoms with Crippen molar-refractivity contribution in [3.63, 3.8) is 0 Å². The molecule has 0 spiro atoms. The quantitative estimate of drug-likeness (QED) is 0.860. The Morgan fingerprint density at radius 1 is 1.00 bits per heavy atom. The molecule has 1 N–H and O–H groups in total. The van der Waals surface area contributed by atoms with Crippen molar-refractivity contribution < 1.29 is 9.59 Å². The Labute approximate surface area is 165 Å². The predicted octanol–water partition coefficient (Wildman–Crippen LogP) is 3.60. The molecular formula is C22H26N2O2S. The van der Waals surface area contributed by atoms with Crippen LogP contribution in [-0.2, 0) is 22.4 Å². The van der Waals surface area contributed by atoms with Crippen molar-refractivity contribution in [1.82, 2.24) is 4.90 Å². The maximum atomic E-state index is 12.3. The van der Waals surface area contributed by atoms with Crippen LogP contribution in [-0.4, -0.2) is 41.3 Å². The molecule has 1 heterocycles. The van der Waals surface area contributed by atoms with Crippen LogP contribution in [0.2, 0.25) is 0 Å². The van der Waals surface area contributed by atoms with Gasteiger partial charge in [0.05, 0.1) is 12.8 Å². The van der Waals surface area contributed by atoms with Crippen LogP contribution in [0.3, 0.4) is 0 Å². The Morgan fingerprint density at radius 3 is 2.41 bits per heavy atom. The Bertz CT molecular complexity index is 812. The van der Waals surface area contributed by atoms with E-state index in [1.807, 2.05) is 60.8 Å². The lowest BCUT2D eigenvalue weighted by Gasteiger charge is -2.26. The summed E-state index contributed by atoms with van der Waals surface area (Å²) in [5.74, 6) is 2.20. The zero-order valence-corrected chi connectivity index (χ0v) is 16.8. The molecule has 0 saturated carbocycles. The Morgan fingerprint density at radius 2 is 1.70 bits per heavy atom. The lowest BCUT2D eigenvalue weighted by molar-refractivity contribution is -0.130. The van der Waals surface area contributed by atoms with Gasteiger partial charge in [0.1, 0.15) is 0 Å². The molecule has 3 rings (SSSR count). The van der Waals surface area contributed by atoms with E-state index in [4.69, 9.17) is 0 Å². The van der Waals surface area contributed by atoms with E-state index in [2.05, 4.69) is 17.4 Å². The Kier molecular flexibility index (Phi) is 6.56. The average molecular weight is 383 g/mol. The fourth-order valence-corrected chi connectivity index (χ4v) is 4.08. The molecule has 5 heteroatoms. The highest BCUT2D eigenvalue weighted by molar-refractivity contribution is 7.99. The van der Waals surface area contributed by atoms with Gasteiger partial charge in [-0.25, -0.2) is 0 Å². The number of nitrogens with one attached hydrogen (secondary N) is 1. The van der Waals surface area contributed by atoms with Gasteiger partial charge in [-0.2, -0.15) is 11.8 Å². The van der Waals surface area contributed by atoms with Crippen LogP contribution in [0.4, 0.5) is 5.69 Å². The number of nitrogens with zero attached hydrogens (tertiary/aromatic N) is 1. The smallest absolute Gasteiger partial charge is 0.228 e. The van der Waals surface area contributed by atoms with E-state index in [1.165, 1.54) is 0 Å². The third kappa shape index (κ3) is 5.60. The molecule has 0 radical (unpaired) electrons. The number of carbonyl (C=O) groups is 2. The lowest BCUT2D eigenvalue weighted by atomic mass is 10.0. The molecule has 1 aliphatic rings. The molecule has 0 atom stereocenters. The number of carbonyl (C=O) groups excluding carboxylic acids is 2. The summed E-state index contributed by atoms with van der Waals surface area (Å²) in [7, 11) is 0. The number of amides is 2. The molecule has 4 nitrogen and oxygen atoms in total. The summed E-state index contributed by atoms with van der Waals surface area (Å²) in [6.45, 7) is 5.74. The van der Waals surface area contributed by atoms with E-state index in [0.717, 1.165) is 52.5 Å². The van der Waals surface area contributed by atoms with Gasteiger partial charge in [-0.1, -0.05) is 35.9 Å². The summed E-state index contributed by atoms with van der Waals surface area (Å²) in [6.07, 6.45) is 0.780. The van der Waals surface area contributed by atoms with Crippen LogP contribution in [0.25, 0.3) is 0 Å². The summed E-state index contributed by atoms with van der Waals surface area (Å²) >= 11 is 1.90. The first kappa shape index (κ1) is 19.5. The number of anilines is 1. The second-order valence-corrected chi connectivity index (χ2v) is 8.25. The highest BCUT2D eigenvalue weighted by atomic mass is 32.2. The number of hydrogen-bond acceptors (Lipinski definition) is 3.